The maximum absolute atomic E-state index is 5.81. The molecule has 0 heterocycles. The van der Waals surface area contributed by atoms with Gasteiger partial charge in [-0.1, -0.05) is 26.8 Å². The molecule has 3 N–H and O–H groups in total. The zero-order valence-corrected chi connectivity index (χ0v) is 12.7. The van der Waals surface area contributed by atoms with Crippen LogP contribution in [0.2, 0.25) is 0 Å². The zero-order chi connectivity index (χ0) is 14.3. The molecular formula is C16H28N2O. The van der Waals surface area contributed by atoms with Crippen LogP contribution in [0, 0.1) is 18.8 Å². The first kappa shape index (κ1) is 15.8. The summed E-state index contributed by atoms with van der Waals surface area (Å²) < 4.78 is 5.80. The smallest absolute Gasteiger partial charge is 0.142 e. The fraction of sp³-hybridized carbons (Fsp3) is 0.625. The van der Waals surface area contributed by atoms with E-state index in [1.807, 2.05) is 0 Å². The van der Waals surface area contributed by atoms with Gasteiger partial charge in [0.2, 0.25) is 0 Å². The van der Waals surface area contributed by atoms with Crippen molar-refractivity contribution in [1.29, 1.82) is 0 Å². The number of nitrogens with two attached hydrogens (primary N) is 1. The van der Waals surface area contributed by atoms with Crippen molar-refractivity contribution in [3.8, 4) is 5.75 Å². The largest absolute Gasteiger partial charge is 0.491 e. The molecule has 1 unspecified atom stereocenters. The van der Waals surface area contributed by atoms with Gasteiger partial charge in [0, 0.05) is 6.54 Å². The summed E-state index contributed by atoms with van der Waals surface area (Å²) in [4.78, 5) is 0. The quantitative estimate of drug-likeness (QED) is 0.756. The summed E-state index contributed by atoms with van der Waals surface area (Å²) in [7, 11) is 0. The summed E-state index contributed by atoms with van der Waals surface area (Å²) in [6, 6.07) is 6.28. The van der Waals surface area contributed by atoms with Crippen LogP contribution in [-0.4, -0.2) is 19.7 Å². The van der Waals surface area contributed by atoms with Gasteiger partial charge in [0.1, 0.15) is 5.75 Å². The lowest BCUT2D eigenvalue weighted by Gasteiger charge is -2.21. The van der Waals surface area contributed by atoms with E-state index < -0.39 is 0 Å². The van der Waals surface area contributed by atoms with Crippen LogP contribution < -0.4 is 15.8 Å². The van der Waals surface area contributed by atoms with E-state index in [2.05, 4.69) is 51.2 Å². The third-order valence-corrected chi connectivity index (χ3v) is 3.40. The van der Waals surface area contributed by atoms with Crippen LogP contribution in [0.5, 0.6) is 5.75 Å². The molecule has 0 aliphatic heterocycles. The first-order valence-electron chi connectivity index (χ1n) is 7.25. The number of aryl methyl sites for hydroxylation is 1. The van der Waals surface area contributed by atoms with Gasteiger partial charge >= 0.3 is 0 Å². The number of nitrogens with one attached hydrogen (secondary N) is 1. The molecule has 108 valence electrons. The van der Waals surface area contributed by atoms with Crippen LogP contribution in [0.1, 0.15) is 32.8 Å². The topological polar surface area (TPSA) is 47.3 Å². The van der Waals surface area contributed by atoms with E-state index in [1.54, 1.807) is 0 Å². The Kier molecular flexibility index (Phi) is 6.71. The minimum atomic E-state index is 0.486. The van der Waals surface area contributed by atoms with Crippen molar-refractivity contribution in [2.24, 2.45) is 17.6 Å². The molecule has 0 aliphatic carbocycles. The van der Waals surface area contributed by atoms with Crippen LogP contribution in [0.4, 0.5) is 5.69 Å². The normalized spacial score (nSPS) is 12.5. The molecular weight excluding hydrogens is 236 g/mol. The molecule has 1 aromatic rings. The number of hydrogen-bond donors (Lipinski definition) is 2. The summed E-state index contributed by atoms with van der Waals surface area (Å²) in [5.41, 5.74) is 8.10. The van der Waals surface area contributed by atoms with Crippen molar-refractivity contribution in [2.75, 3.05) is 25.0 Å². The maximum Gasteiger partial charge on any atom is 0.142 e. The first-order chi connectivity index (χ1) is 9.08. The second-order valence-corrected chi connectivity index (χ2v) is 5.47. The molecule has 0 saturated carbocycles. The predicted molar refractivity (Wildman–Crippen MR) is 82.8 cm³/mol. The highest BCUT2D eigenvalue weighted by molar-refractivity contribution is 5.57. The van der Waals surface area contributed by atoms with Crippen molar-refractivity contribution in [1.82, 2.24) is 0 Å². The average Bonchev–Trinajstić information content (AvgIpc) is 2.38. The molecule has 3 nitrogen and oxygen atoms in total. The van der Waals surface area contributed by atoms with E-state index in [4.69, 9.17) is 10.5 Å². The van der Waals surface area contributed by atoms with Gasteiger partial charge in [-0.3, -0.25) is 0 Å². The Balaban J connectivity index is 2.70. The number of anilines is 1. The SMILES string of the molecule is CCCOc1cc(C)ccc1NCC(CN)C(C)C. The summed E-state index contributed by atoms with van der Waals surface area (Å²) in [6.07, 6.45) is 1.02. The molecule has 0 aliphatic rings. The number of ether oxygens (including phenoxy) is 1. The Bertz CT molecular complexity index is 377. The van der Waals surface area contributed by atoms with E-state index in [-0.39, 0.29) is 0 Å². The number of rotatable bonds is 8. The fourth-order valence-electron chi connectivity index (χ4n) is 1.94. The Hall–Kier alpha value is -1.22. The fourth-order valence-corrected chi connectivity index (χ4v) is 1.94. The van der Waals surface area contributed by atoms with E-state index in [0.717, 1.165) is 31.0 Å². The molecule has 0 bridgehead atoms. The van der Waals surface area contributed by atoms with Gasteiger partial charge in [-0.2, -0.15) is 0 Å². The molecule has 19 heavy (non-hydrogen) atoms. The lowest BCUT2D eigenvalue weighted by atomic mass is 9.96. The zero-order valence-electron chi connectivity index (χ0n) is 12.7. The van der Waals surface area contributed by atoms with E-state index in [1.165, 1.54) is 5.56 Å². The third kappa shape index (κ3) is 5.11. The molecule has 1 rings (SSSR count). The average molecular weight is 264 g/mol. The highest BCUT2D eigenvalue weighted by Crippen LogP contribution is 2.26. The number of hydrogen-bond acceptors (Lipinski definition) is 3. The highest BCUT2D eigenvalue weighted by atomic mass is 16.5. The van der Waals surface area contributed by atoms with Gasteiger partial charge in [-0.05, 0) is 49.4 Å². The Morgan fingerprint density at radius 2 is 2.05 bits per heavy atom. The van der Waals surface area contributed by atoms with Gasteiger partial charge in [-0.15, -0.1) is 0 Å². The van der Waals surface area contributed by atoms with Crippen molar-refractivity contribution in [3.05, 3.63) is 23.8 Å². The van der Waals surface area contributed by atoms with Gasteiger partial charge in [0.05, 0.1) is 12.3 Å². The molecule has 0 aromatic heterocycles. The Morgan fingerprint density at radius 3 is 2.63 bits per heavy atom. The van der Waals surface area contributed by atoms with Crippen LogP contribution in [-0.2, 0) is 0 Å². The molecule has 0 amide bonds. The second-order valence-electron chi connectivity index (χ2n) is 5.47. The second kappa shape index (κ2) is 8.05. The molecule has 1 atom stereocenters. The molecule has 3 heteroatoms. The third-order valence-electron chi connectivity index (χ3n) is 3.40. The van der Waals surface area contributed by atoms with Crippen molar-refractivity contribution < 1.29 is 4.74 Å². The minimum absolute atomic E-state index is 0.486. The lowest BCUT2D eigenvalue weighted by Crippen LogP contribution is -2.27. The lowest BCUT2D eigenvalue weighted by molar-refractivity contribution is 0.318. The van der Waals surface area contributed by atoms with Gasteiger partial charge in [0.25, 0.3) is 0 Å². The highest BCUT2D eigenvalue weighted by Gasteiger charge is 2.12. The van der Waals surface area contributed by atoms with Crippen LogP contribution in [0.15, 0.2) is 18.2 Å². The van der Waals surface area contributed by atoms with Gasteiger partial charge in [-0.25, -0.2) is 0 Å². The standard InChI is InChI=1S/C16H28N2O/c1-5-8-19-16-9-13(4)6-7-15(16)18-11-14(10-17)12(2)3/h6-7,9,12,14,18H,5,8,10-11,17H2,1-4H3. The van der Waals surface area contributed by atoms with Crippen molar-refractivity contribution in [2.45, 2.75) is 34.1 Å². The number of benzene rings is 1. The minimum Gasteiger partial charge on any atom is -0.491 e. The summed E-state index contributed by atoms with van der Waals surface area (Å²) in [6.45, 7) is 11.0. The van der Waals surface area contributed by atoms with Crippen LogP contribution in [0.3, 0.4) is 0 Å². The Labute approximate surface area is 117 Å². The predicted octanol–water partition coefficient (Wildman–Crippen LogP) is 3.43. The summed E-state index contributed by atoms with van der Waals surface area (Å²) in [5, 5.41) is 3.48. The van der Waals surface area contributed by atoms with Crippen LogP contribution in [0.25, 0.3) is 0 Å². The van der Waals surface area contributed by atoms with Crippen LogP contribution >= 0.6 is 0 Å². The van der Waals surface area contributed by atoms with Crippen molar-refractivity contribution in [3.63, 3.8) is 0 Å². The van der Waals surface area contributed by atoms with E-state index >= 15 is 0 Å². The molecule has 0 saturated heterocycles. The monoisotopic (exact) mass is 264 g/mol. The molecule has 0 radical (unpaired) electrons. The van der Waals surface area contributed by atoms with Crippen molar-refractivity contribution >= 4 is 5.69 Å². The molecule has 0 spiro atoms. The van der Waals surface area contributed by atoms with Gasteiger partial charge < -0.3 is 15.8 Å². The summed E-state index contributed by atoms with van der Waals surface area (Å²) >= 11 is 0. The summed E-state index contributed by atoms with van der Waals surface area (Å²) in [5.74, 6) is 2.02. The van der Waals surface area contributed by atoms with E-state index in [9.17, 15) is 0 Å². The van der Waals surface area contributed by atoms with Gasteiger partial charge in [0.15, 0.2) is 0 Å². The Morgan fingerprint density at radius 1 is 1.32 bits per heavy atom. The van der Waals surface area contributed by atoms with E-state index in [0.29, 0.717) is 18.4 Å². The molecule has 1 aromatic carbocycles. The maximum atomic E-state index is 5.81. The first-order valence-corrected chi connectivity index (χ1v) is 7.25. The molecule has 0 fully saturated rings.